The Morgan fingerprint density at radius 2 is 1.91 bits per heavy atom. The Morgan fingerprint density at radius 3 is 2.41 bits per heavy atom. The fourth-order valence-corrected chi connectivity index (χ4v) is 3.56. The number of sulfonamides is 1. The van der Waals surface area contributed by atoms with E-state index >= 15 is 0 Å². The molecule has 0 unspecified atom stereocenters. The van der Waals surface area contributed by atoms with Crippen LogP contribution in [0.2, 0.25) is 5.15 Å². The lowest BCUT2D eigenvalue weighted by atomic mass is 10.2. The van der Waals surface area contributed by atoms with Gasteiger partial charge in [0.15, 0.2) is 0 Å². The number of nitrogens with zero attached hydrogens (tertiary/aromatic N) is 2. The number of nitrogens with one attached hydrogen (secondary N) is 1. The number of ether oxygens (including phenoxy) is 2. The van der Waals surface area contributed by atoms with Crippen molar-refractivity contribution in [3.63, 3.8) is 0 Å². The van der Waals surface area contributed by atoms with Crippen LogP contribution in [-0.2, 0) is 14.8 Å². The Balaban J connectivity index is 2.21. The minimum absolute atomic E-state index is 0.0179. The zero-order valence-corrected chi connectivity index (χ0v) is 19.3. The Kier molecular flexibility index (Phi) is 7.55. The van der Waals surface area contributed by atoms with E-state index in [9.17, 15) is 31.2 Å². The van der Waals surface area contributed by atoms with Gasteiger partial charge < -0.3 is 14.8 Å². The summed E-state index contributed by atoms with van der Waals surface area (Å²) in [5.41, 5.74) is -7.01. The first-order valence-electron chi connectivity index (χ1n) is 9.46. The molecule has 180 valence electrons. The molecule has 32 heavy (non-hydrogen) atoms. The highest BCUT2D eigenvalue weighted by molar-refractivity contribution is 7.90. The van der Waals surface area contributed by atoms with Crippen LogP contribution in [0.4, 0.5) is 18.0 Å². The topological polar surface area (TPSA) is 115 Å². The molecule has 1 aromatic heterocycles. The predicted octanol–water partition coefficient (Wildman–Crippen LogP) is 3.48. The van der Waals surface area contributed by atoms with E-state index in [4.69, 9.17) is 21.1 Å². The third kappa shape index (κ3) is 6.61. The van der Waals surface area contributed by atoms with Crippen molar-refractivity contribution in [3.05, 3.63) is 23.0 Å². The van der Waals surface area contributed by atoms with E-state index in [2.05, 4.69) is 10.3 Å². The quantitative estimate of drug-likeness (QED) is 0.569. The van der Waals surface area contributed by atoms with Gasteiger partial charge in [0.05, 0.1) is 17.8 Å². The number of halogens is 4. The molecule has 1 aromatic rings. The maximum atomic E-state index is 13.1. The predicted molar refractivity (Wildman–Crippen MR) is 108 cm³/mol. The molecule has 0 aromatic carbocycles. The molecule has 0 saturated heterocycles. The van der Waals surface area contributed by atoms with Crippen molar-refractivity contribution in [2.45, 2.75) is 63.7 Å². The number of pyridine rings is 1. The molecule has 14 heteroatoms. The van der Waals surface area contributed by atoms with E-state index < -0.39 is 50.1 Å². The molecule has 2 amide bonds. The van der Waals surface area contributed by atoms with E-state index in [-0.39, 0.29) is 22.5 Å². The Labute approximate surface area is 188 Å². The number of amides is 2. The molecule has 1 fully saturated rings. The van der Waals surface area contributed by atoms with Gasteiger partial charge in [-0.2, -0.15) is 25.9 Å². The van der Waals surface area contributed by atoms with Crippen LogP contribution in [0.3, 0.4) is 0 Å². The van der Waals surface area contributed by atoms with Crippen LogP contribution in [0.5, 0.6) is 5.75 Å². The van der Waals surface area contributed by atoms with E-state index in [0.29, 0.717) is 0 Å². The molecule has 9 nitrogen and oxygen atoms in total. The van der Waals surface area contributed by atoms with Crippen LogP contribution < -0.4 is 10.1 Å². The fraction of sp³-hybridized carbons (Fsp3) is 0.611. The molecule has 0 aliphatic heterocycles. The molecule has 0 spiro atoms. The van der Waals surface area contributed by atoms with E-state index in [1.165, 1.54) is 26.8 Å². The van der Waals surface area contributed by atoms with Gasteiger partial charge in [0.1, 0.15) is 23.1 Å². The molecule has 1 atom stereocenters. The van der Waals surface area contributed by atoms with Crippen LogP contribution in [0.25, 0.3) is 0 Å². The first-order valence-corrected chi connectivity index (χ1v) is 11.3. The van der Waals surface area contributed by atoms with Gasteiger partial charge in [-0.05, 0) is 46.6 Å². The van der Waals surface area contributed by atoms with Gasteiger partial charge in [0.25, 0.3) is 5.91 Å². The summed E-state index contributed by atoms with van der Waals surface area (Å²) in [6, 6.07) is -0.357. The lowest BCUT2D eigenvalue weighted by Gasteiger charge is -2.31. The second kappa shape index (κ2) is 9.30. The summed E-state index contributed by atoms with van der Waals surface area (Å²) < 4.78 is 73.2. The minimum atomic E-state index is -6.07. The molecule has 1 aliphatic rings. The maximum Gasteiger partial charge on any atom is 0.516 e. The summed E-state index contributed by atoms with van der Waals surface area (Å²) in [6.45, 7) is 4.48. The summed E-state index contributed by atoms with van der Waals surface area (Å²) in [5.74, 6) is -0.561. The third-order valence-electron chi connectivity index (χ3n) is 3.99. The van der Waals surface area contributed by atoms with Crippen molar-refractivity contribution < 1.29 is 40.7 Å². The van der Waals surface area contributed by atoms with Crippen LogP contribution in [0.15, 0.2) is 12.3 Å². The third-order valence-corrected chi connectivity index (χ3v) is 5.90. The van der Waals surface area contributed by atoms with Crippen LogP contribution >= 0.6 is 11.6 Å². The van der Waals surface area contributed by atoms with Gasteiger partial charge in [-0.25, -0.2) is 9.78 Å². The molecule has 1 saturated carbocycles. The normalized spacial score (nSPS) is 15.6. The Hall–Kier alpha value is -2.28. The standard InChI is InChI=1S/C18H23ClF3N3O6S/c1-10(25(16(27)31-17(2,3)4)32(28,29)18(20,21)22)9-30-12-7-13(14(19)23-8-12)15(26)24-11-5-6-11/h7-8,10-11H,5-6,9H2,1-4H3,(H,24,26)/t10-/m0/s1. The Morgan fingerprint density at radius 1 is 1.31 bits per heavy atom. The summed E-state index contributed by atoms with van der Waals surface area (Å²) >= 11 is 5.92. The van der Waals surface area contributed by atoms with Crippen molar-refractivity contribution in [2.24, 2.45) is 0 Å². The molecule has 2 rings (SSSR count). The number of aromatic nitrogens is 1. The number of hydrogen-bond donors (Lipinski definition) is 1. The highest BCUT2D eigenvalue weighted by atomic mass is 35.5. The molecular weight excluding hydrogens is 479 g/mol. The second-order valence-electron chi connectivity index (χ2n) is 8.14. The maximum absolute atomic E-state index is 13.1. The van der Waals surface area contributed by atoms with Crippen LogP contribution in [0.1, 0.15) is 50.9 Å². The van der Waals surface area contributed by atoms with Gasteiger partial charge >= 0.3 is 21.6 Å². The SMILES string of the molecule is C[C@@H](COc1cnc(Cl)c(C(=O)NC2CC2)c1)N(C(=O)OC(C)(C)C)S(=O)(=O)C(F)(F)F. The summed E-state index contributed by atoms with van der Waals surface area (Å²) in [6.07, 6.45) is 1.07. The van der Waals surface area contributed by atoms with Crippen molar-refractivity contribution in [1.82, 2.24) is 14.6 Å². The van der Waals surface area contributed by atoms with Gasteiger partial charge in [-0.15, -0.1) is 0 Å². The zero-order chi connectivity index (χ0) is 24.5. The smallest absolute Gasteiger partial charge is 0.490 e. The van der Waals surface area contributed by atoms with Crippen LogP contribution in [-0.4, -0.2) is 59.5 Å². The zero-order valence-electron chi connectivity index (χ0n) is 17.7. The number of rotatable bonds is 7. The average molecular weight is 502 g/mol. The first kappa shape index (κ1) is 26.0. The number of alkyl halides is 3. The molecule has 1 aliphatic carbocycles. The Bertz CT molecular complexity index is 977. The van der Waals surface area contributed by atoms with Crippen molar-refractivity contribution in [2.75, 3.05) is 6.61 Å². The number of hydrogen-bond acceptors (Lipinski definition) is 7. The van der Waals surface area contributed by atoms with Crippen molar-refractivity contribution >= 4 is 33.6 Å². The minimum Gasteiger partial charge on any atom is -0.490 e. The molecule has 1 heterocycles. The first-order chi connectivity index (χ1) is 14.5. The molecule has 0 radical (unpaired) electrons. The summed E-state index contributed by atoms with van der Waals surface area (Å²) in [4.78, 5) is 28.3. The number of carbonyl (C=O) groups is 2. The van der Waals surface area contributed by atoms with E-state index in [0.717, 1.165) is 26.0 Å². The highest BCUT2D eigenvalue weighted by Gasteiger charge is 2.54. The van der Waals surface area contributed by atoms with E-state index in [1.807, 2.05) is 0 Å². The number of carbonyl (C=O) groups excluding carboxylic acids is 2. The monoisotopic (exact) mass is 501 g/mol. The lowest BCUT2D eigenvalue weighted by Crippen LogP contribution is -2.52. The summed E-state index contributed by atoms with van der Waals surface area (Å²) in [7, 11) is -6.07. The van der Waals surface area contributed by atoms with Crippen LogP contribution in [0, 0.1) is 0 Å². The van der Waals surface area contributed by atoms with Gasteiger partial charge in [0, 0.05) is 6.04 Å². The van der Waals surface area contributed by atoms with Gasteiger partial charge in [0.2, 0.25) is 0 Å². The summed E-state index contributed by atoms with van der Waals surface area (Å²) in [5, 5.41) is 2.59. The van der Waals surface area contributed by atoms with Crippen molar-refractivity contribution in [1.29, 1.82) is 0 Å². The lowest BCUT2D eigenvalue weighted by molar-refractivity contribution is -0.0517. The average Bonchev–Trinajstić information content (AvgIpc) is 3.42. The van der Waals surface area contributed by atoms with Gasteiger partial charge in [-0.3, -0.25) is 4.79 Å². The largest absolute Gasteiger partial charge is 0.516 e. The fourth-order valence-electron chi connectivity index (χ4n) is 2.38. The van der Waals surface area contributed by atoms with Crippen molar-refractivity contribution in [3.8, 4) is 5.75 Å². The highest BCUT2D eigenvalue weighted by Crippen LogP contribution is 2.30. The molecule has 0 bridgehead atoms. The van der Waals surface area contributed by atoms with Gasteiger partial charge in [-0.1, -0.05) is 11.6 Å². The van der Waals surface area contributed by atoms with E-state index in [1.54, 1.807) is 0 Å². The second-order valence-corrected chi connectivity index (χ2v) is 10.3. The molecular formula is C18H23ClF3N3O6S. The molecule has 1 N–H and O–H groups in total.